The number of carbonyl (C=O) groups is 1. The lowest BCUT2D eigenvalue weighted by atomic mass is 10.0. The van der Waals surface area contributed by atoms with E-state index in [1.54, 1.807) is 6.92 Å². The smallest absolute Gasteiger partial charge is 0.435 e. The van der Waals surface area contributed by atoms with Gasteiger partial charge < -0.3 is 23.6 Å². The Bertz CT molecular complexity index is 615. The van der Waals surface area contributed by atoms with Crippen molar-refractivity contribution in [2.45, 2.75) is 123 Å². The summed E-state index contributed by atoms with van der Waals surface area (Å²) in [4.78, 5) is 21.6. The quantitative estimate of drug-likeness (QED) is 0.0435. The standard InChI is InChI=1S/C29H60NO8P/c1-6-8-9-10-11-12-13-14-15-16-17-18-19-20-21-22-24-34-26-28(38-29(31)35-7-2)27-37-39(32,33)36-25-23-30(3,4)5/h28H,6-27H2,1-5H3/p+1. The minimum absolute atomic E-state index is 0.0520. The van der Waals surface area contributed by atoms with E-state index in [4.69, 9.17) is 23.3 Å². The molecule has 2 unspecified atom stereocenters. The molecule has 39 heavy (non-hydrogen) atoms. The number of hydrogen-bond acceptors (Lipinski definition) is 7. The fourth-order valence-electron chi connectivity index (χ4n) is 4.02. The van der Waals surface area contributed by atoms with Crippen LogP contribution in [-0.4, -0.2) is 82.4 Å². The van der Waals surface area contributed by atoms with Crippen LogP contribution < -0.4 is 0 Å². The zero-order chi connectivity index (χ0) is 29.2. The molecule has 1 N–H and O–H groups in total. The van der Waals surface area contributed by atoms with Crippen LogP contribution in [0.5, 0.6) is 0 Å². The molecule has 0 amide bonds. The first-order chi connectivity index (χ1) is 18.6. The molecule has 9 nitrogen and oxygen atoms in total. The number of likely N-dealkylation sites (N-methyl/N-ethyl adjacent to an activating group) is 1. The van der Waals surface area contributed by atoms with Crippen LogP contribution in [0.2, 0.25) is 0 Å². The summed E-state index contributed by atoms with van der Waals surface area (Å²) in [7, 11) is 1.59. The number of nitrogens with zero attached hydrogens (tertiary/aromatic N) is 1. The number of phosphoric acid groups is 1. The number of carbonyl (C=O) groups excluding carboxylic acids is 1. The Kier molecular flexibility index (Phi) is 24.6. The fourth-order valence-corrected chi connectivity index (χ4v) is 4.76. The summed E-state index contributed by atoms with van der Waals surface area (Å²) in [5, 5.41) is 0. The van der Waals surface area contributed by atoms with E-state index in [2.05, 4.69) is 6.92 Å². The molecule has 0 radical (unpaired) electrons. The molecule has 0 heterocycles. The van der Waals surface area contributed by atoms with Gasteiger partial charge in [-0.25, -0.2) is 9.36 Å². The van der Waals surface area contributed by atoms with Crippen LogP contribution in [0.4, 0.5) is 4.79 Å². The Hall–Kier alpha value is -0.700. The minimum atomic E-state index is -4.27. The van der Waals surface area contributed by atoms with E-state index in [9.17, 15) is 14.3 Å². The number of unbranched alkanes of at least 4 members (excludes halogenated alkanes) is 15. The number of phosphoric ester groups is 1. The van der Waals surface area contributed by atoms with Crippen molar-refractivity contribution >= 4 is 14.0 Å². The number of rotatable bonds is 28. The van der Waals surface area contributed by atoms with Gasteiger partial charge >= 0.3 is 14.0 Å². The molecule has 0 saturated heterocycles. The van der Waals surface area contributed by atoms with Crippen molar-refractivity contribution in [2.24, 2.45) is 0 Å². The van der Waals surface area contributed by atoms with E-state index in [-0.39, 0.29) is 26.4 Å². The normalized spacial score (nSPS) is 14.2. The van der Waals surface area contributed by atoms with E-state index in [0.29, 0.717) is 17.6 Å². The minimum Gasteiger partial charge on any atom is -0.435 e. The first-order valence-electron chi connectivity index (χ1n) is 15.4. The lowest BCUT2D eigenvalue weighted by molar-refractivity contribution is -0.870. The maximum atomic E-state index is 12.1. The molecule has 0 aromatic carbocycles. The van der Waals surface area contributed by atoms with Crippen LogP contribution in [0.3, 0.4) is 0 Å². The van der Waals surface area contributed by atoms with Crippen molar-refractivity contribution in [3.05, 3.63) is 0 Å². The van der Waals surface area contributed by atoms with Gasteiger partial charge in [-0.3, -0.25) is 9.05 Å². The molecule has 10 heteroatoms. The predicted octanol–water partition coefficient (Wildman–Crippen LogP) is 7.65. The third-order valence-corrected chi connectivity index (χ3v) is 7.40. The number of hydrogen-bond donors (Lipinski definition) is 1. The van der Waals surface area contributed by atoms with Crippen molar-refractivity contribution in [1.82, 2.24) is 0 Å². The molecular weight excluding hydrogens is 521 g/mol. The first kappa shape index (κ1) is 38.3. The summed E-state index contributed by atoms with van der Waals surface area (Å²) in [6.45, 7) is 4.96. The van der Waals surface area contributed by atoms with Gasteiger partial charge in [0.1, 0.15) is 13.2 Å². The summed E-state index contributed by atoms with van der Waals surface area (Å²) in [5.74, 6) is 0. The average molecular weight is 583 g/mol. The second-order valence-electron chi connectivity index (χ2n) is 11.4. The lowest BCUT2D eigenvalue weighted by Gasteiger charge is -2.24. The van der Waals surface area contributed by atoms with Gasteiger partial charge in [-0.2, -0.15) is 0 Å². The highest BCUT2D eigenvalue weighted by Crippen LogP contribution is 2.43. The van der Waals surface area contributed by atoms with Gasteiger partial charge in [-0.1, -0.05) is 103 Å². The van der Waals surface area contributed by atoms with Crippen molar-refractivity contribution < 1.29 is 42.0 Å². The van der Waals surface area contributed by atoms with E-state index >= 15 is 0 Å². The van der Waals surface area contributed by atoms with Gasteiger partial charge in [0, 0.05) is 6.61 Å². The second kappa shape index (κ2) is 25.0. The molecule has 234 valence electrons. The van der Waals surface area contributed by atoms with Crippen molar-refractivity contribution in [3.63, 3.8) is 0 Å². The lowest BCUT2D eigenvalue weighted by Crippen LogP contribution is -2.37. The molecule has 0 spiro atoms. The van der Waals surface area contributed by atoms with E-state index in [1.807, 2.05) is 21.1 Å². The maximum Gasteiger partial charge on any atom is 0.508 e. The fraction of sp³-hybridized carbons (Fsp3) is 0.966. The highest BCUT2D eigenvalue weighted by atomic mass is 31.2. The Morgan fingerprint density at radius 3 is 1.67 bits per heavy atom. The topological polar surface area (TPSA) is 101 Å². The number of quaternary nitrogens is 1. The largest absolute Gasteiger partial charge is 0.508 e. The highest BCUT2D eigenvalue weighted by Gasteiger charge is 2.26. The predicted molar refractivity (Wildman–Crippen MR) is 157 cm³/mol. The molecule has 0 aliphatic heterocycles. The molecule has 0 fully saturated rings. The summed E-state index contributed by atoms with van der Waals surface area (Å²) >= 11 is 0. The van der Waals surface area contributed by atoms with Crippen LogP contribution in [0, 0.1) is 0 Å². The zero-order valence-electron chi connectivity index (χ0n) is 25.8. The third-order valence-electron chi connectivity index (χ3n) is 6.41. The van der Waals surface area contributed by atoms with Crippen LogP contribution in [0.15, 0.2) is 0 Å². The zero-order valence-corrected chi connectivity index (χ0v) is 26.7. The molecule has 0 aliphatic carbocycles. The summed E-state index contributed by atoms with van der Waals surface area (Å²) in [6, 6.07) is 0. The van der Waals surface area contributed by atoms with Crippen molar-refractivity contribution in [1.29, 1.82) is 0 Å². The molecule has 0 rings (SSSR count). The second-order valence-corrected chi connectivity index (χ2v) is 12.9. The molecule has 0 aromatic rings. The van der Waals surface area contributed by atoms with Crippen LogP contribution in [0.1, 0.15) is 117 Å². The summed E-state index contributed by atoms with van der Waals surface area (Å²) in [5.41, 5.74) is 0. The van der Waals surface area contributed by atoms with Gasteiger partial charge in [0.2, 0.25) is 0 Å². The summed E-state index contributed by atoms with van der Waals surface area (Å²) in [6.07, 6.45) is 19.2. The molecule has 0 bridgehead atoms. The SMILES string of the molecule is CCCCCCCCCCCCCCCCCCOCC(COP(=O)(O)OCC[N+](C)(C)C)OC(=O)OCC. The Labute approximate surface area is 239 Å². The Morgan fingerprint density at radius 2 is 1.21 bits per heavy atom. The van der Waals surface area contributed by atoms with E-state index in [0.717, 1.165) is 12.8 Å². The maximum absolute atomic E-state index is 12.1. The Balaban J connectivity index is 3.89. The number of ether oxygens (including phenoxy) is 3. The van der Waals surface area contributed by atoms with Crippen molar-refractivity contribution in [3.8, 4) is 0 Å². The third kappa shape index (κ3) is 28.6. The average Bonchev–Trinajstić information content (AvgIpc) is 2.85. The molecule has 0 aliphatic rings. The molecular formula is C29H61NO8P+. The Morgan fingerprint density at radius 1 is 0.718 bits per heavy atom. The summed E-state index contributed by atoms with van der Waals surface area (Å²) < 4.78 is 38.4. The molecule has 0 aromatic heterocycles. The van der Waals surface area contributed by atoms with Crippen molar-refractivity contribution in [2.75, 3.05) is 60.7 Å². The van der Waals surface area contributed by atoms with Gasteiger partial charge in [0.25, 0.3) is 0 Å². The highest BCUT2D eigenvalue weighted by molar-refractivity contribution is 7.47. The van der Waals surface area contributed by atoms with Gasteiger partial charge in [0.15, 0.2) is 6.10 Å². The van der Waals surface area contributed by atoms with Crippen LogP contribution in [0.25, 0.3) is 0 Å². The molecule has 0 saturated carbocycles. The van der Waals surface area contributed by atoms with Crippen LogP contribution in [-0.2, 0) is 27.8 Å². The molecule has 2 atom stereocenters. The monoisotopic (exact) mass is 582 g/mol. The van der Waals surface area contributed by atoms with Gasteiger partial charge in [-0.05, 0) is 13.3 Å². The van der Waals surface area contributed by atoms with Gasteiger partial charge in [0.05, 0.1) is 41.0 Å². The van der Waals surface area contributed by atoms with E-state index < -0.39 is 20.1 Å². The van der Waals surface area contributed by atoms with Crippen LogP contribution >= 0.6 is 7.82 Å². The van der Waals surface area contributed by atoms with Gasteiger partial charge in [-0.15, -0.1) is 0 Å². The van der Waals surface area contributed by atoms with E-state index in [1.165, 1.54) is 89.9 Å². The first-order valence-corrected chi connectivity index (χ1v) is 16.9.